The van der Waals surface area contributed by atoms with E-state index in [0.29, 0.717) is 35.9 Å². The molecular formula is C27H28FN7O. The first kappa shape index (κ1) is 23.7. The van der Waals surface area contributed by atoms with Crippen LogP contribution in [0.5, 0.6) is 0 Å². The largest absolute Gasteiger partial charge is 0.336 e. The van der Waals surface area contributed by atoms with Crippen LogP contribution < -0.4 is 5.32 Å². The van der Waals surface area contributed by atoms with Gasteiger partial charge in [0.05, 0.1) is 16.8 Å². The number of aromatic nitrogens is 4. The molecular weight excluding hydrogens is 457 g/mol. The minimum absolute atomic E-state index is 0.0382. The molecule has 0 saturated carbocycles. The predicted molar refractivity (Wildman–Crippen MR) is 135 cm³/mol. The minimum Gasteiger partial charge on any atom is -0.336 e. The third-order valence-corrected chi connectivity index (χ3v) is 7.15. The zero-order valence-electron chi connectivity index (χ0n) is 20.8. The fourth-order valence-corrected chi connectivity index (χ4v) is 4.96. The summed E-state index contributed by atoms with van der Waals surface area (Å²) in [5.41, 5.74) is 4.14. The highest BCUT2D eigenvalue weighted by Gasteiger charge is 2.29. The second-order valence-electron chi connectivity index (χ2n) is 9.30. The molecule has 0 aliphatic carbocycles. The van der Waals surface area contributed by atoms with Crippen LogP contribution in [0.25, 0.3) is 28.0 Å². The first-order valence-corrected chi connectivity index (χ1v) is 12.0. The molecule has 36 heavy (non-hydrogen) atoms. The second kappa shape index (κ2) is 9.21. The molecule has 1 amide bonds. The summed E-state index contributed by atoms with van der Waals surface area (Å²) in [7, 11) is 3.81. The third-order valence-electron chi connectivity index (χ3n) is 7.15. The van der Waals surface area contributed by atoms with Gasteiger partial charge in [0.2, 0.25) is 0 Å². The van der Waals surface area contributed by atoms with Gasteiger partial charge in [0.1, 0.15) is 23.4 Å². The van der Waals surface area contributed by atoms with E-state index < -0.39 is 5.82 Å². The van der Waals surface area contributed by atoms with Crippen molar-refractivity contribution in [1.82, 2.24) is 29.5 Å². The van der Waals surface area contributed by atoms with Crippen LogP contribution in [0.15, 0.2) is 36.4 Å². The topological polar surface area (TPSA) is 91.8 Å². The van der Waals surface area contributed by atoms with Crippen LogP contribution in [0.2, 0.25) is 0 Å². The highest BCUT2D eigenvalue weighted by molar-refractivity contribution is 5.95. The maximum absolute atomic E-state index is 14.6. The molecule has 1 saturated heterocycles. The van der Waals surface area contributed by atoms with Gasteiger partial charge in [-0.15, -0.1) is 0 Å². The highest BCUT2D eigenvalue weighted by Crippen LogP contribution is 2.31. The van der Waals surface area contributed by atoms with Crippen LogP contribution in [-0.2, 0) is 7.05 Å². The molecule has 1 N–H and O–H groups in total. The second-order valence-corrected chi connectivity index (χ2v) is 9.30. The van der Waals surface area contributed by atoms with E-state index in [1.807, 2.05) is 66.4 Å². The van der Waals surface area contributed by atoms with Crippen molar-refractivity contribution in [3.63, 3.8) is 0 Å². The fraction of sp³-hybridized carbons (Fsp3) is 0.333. The summed E-state index contributed by atoms with van der Waals surface area (Å²) in [6.45, 7) is 5.15. The molecule has 184 valence electrons. The fourth-order valence-electron chi connectivity index (χ4n) is 4.96. The van der Waals surface area contributed by atoms with Gasteiger partial charge in [-0.25, -0.2) is 9.37 Å². The molecule has 0 bridgehead atoms. The smallest absolute Gasteiger partial charge is 0.274 e. The molecule has 0 radical (unpaired) electrons. The first-order valence-electron chi connectivity index (χ1n) is 12.0. The summed E-state index contributed by atoms with van der Waals surface area (Å²) in [6, 6.07) is 12.4. The number of hydrogen-bond acceptors (Lipinski definition) is 5. The Morgan fingerprint density at radius 1 is 1.19 bits per heavy atom. The van der Waals surface area contributed by atoms with Crippen molar-refractivity contribution >= 4 is 16.8 Å². The van der Waals surface area contributed by atoms with Gasteiger partial charge in [-0.3, -0.25) is 14.0 Å². The predicted octanol–water partition coefficient (Wildman–Crippen LogP) is 3.88. The third kappa shape index (κ3) is 3.93. The van der Waals surface area contributed by atoms with E-state index in [1.54, 1.807) is 6.07 Å². The lowest BCUT2D eigenvalue weighted by Gasteiger charge is -2.32. The number of carbonyl (C=O) groups is 1. The summed E-state index contributed by atoms with van der Waals surface area (Å²) in [4.78, 5) is 20.2. The number of fused-ring (bicyclic) bond motifs is 1. The van der Waals surface area contributed by atoms with Gasteiger partial charge < -0.3 is 10.2 Å². The van der Waals surface area contributed by atoms with E-state index in [4.69, 9.17) is 4.98 Å². The zero-order valence-corrected chi connectivity index (χ0v) is 20.8. The SMILES string of the molecule is CN[C@H]1CCCN(C(=O)c2nc(-c3ccc(C#N)c(F)c3)n(-c3ccc4nn(C)c(C)c4c3)c2C)C1. The summed E-state index contributed by atoms with van der Waals surface area (Å²) in [5.74, 6) is -0.316. The molecule has 0 unspecified atom stereocenters. The van der Waals surface area contributed by atoms with E-state index in [0.717, 1.165) is 35.1 Å². The lowest BCUT2D eigenvalue weighted by molar-refractivity contribution is 0.0692. The molecule has 2 aromatic heterocycles. The van der Waals surface area contributed by atoms with Crippen molar-refractivity contribution < 1.29 is 9.18 Å². The van der Waals surface area contributed by atoms with Crippen LogP contribution in [-0.4, -0.2) is 56.3 Å². The van der Waals surface area contributed by atoms with Crippen molar-refractivity contribution in [3.8, 4) is 23.1 Å². The summed E-state index contributed by atoms with van der Waals surface area (Å²) in [5, 5.41) is 18.0. The van der Waals surface area contributed by atoms with Crippen LogP contribution in [0, 0.1) is 31.0 Å². The van der Waals surface area contributed by atoms with Gasteiger partial charge in [-0.1, -0.05) is 0 Å². The number of aryl methyl sites for hydroxylation is 2. The Labute approximate surface area is 209 Å². The van der Waals surface area contributed by atoms with Crippen molar-refractivity contribution in [2.45, 2.75) is 32.7 Å². The average Bonchev–Trinajstić information content (AvgIpc) is 3.38. The average molecular weight is 486 g/mol. The summed E-state index contributed by atoms with van der Waals surface area (Å²) < 4.78 is 18.3. The lowest BCUT2D eigenvalue weighted by Crippen LogP contribution is -2.47. The quantitative estimate of drug-likeness (QED) is 0.474. The normalized spacial score (nSPS) is 15.9. The number of halogens is 1. The lowest BCUT2D eigenvalue weighted by atomic mass is 10.1. The van der Waals surface area contributed by atoms with Crippen molar-refractivity contribution in [2.24, 2.45) is 7.05 Å². The molecule has 1 atom stereocenters. The van der Waals surface area contributed by atoms with E-state index in [1.165, 1.54) is 12.1 Å². The molecule has 1 fully saturated rings. The molecule has 1 aliphatic rings. The Balaban J connectivity index is 1.68. The number of benzene rings is 2. The first-order chi connectivity index (χ1) is 17.3. The molecule has 4 aromatic rings. The van der Waals surface area contributed by atoms with Gasteiger partial charge >= 0.3 is 0 Å². The van der Waals surface area contributed by atoms with Crippen LogP contribution >= 0.6 is 0 Å². The van der Waals surface area contributed by atoms with Gasteiger partial charge in [0.15, 0.2) is 0 Å². The monoisotopic (exact) mass is 485 g/mol. The maximum Gasteiger partial charge on any atom is 0.274 e. The molecule has 2 aromatic carbocycles. The Morgan fingerprint density at radius 2 is 2.00 bits per heavy atom. The van der Waals surface area contributed by atoms with E-state index >= 15 is 0 Å². The number of carbonyl (C=O) groups excluding carboxylic acids is 1. The number of rotatable bonds is 4. The number of nitrogens with zero attached hydrogens (tertiary/aromatic N) is 6. The van der Waals surface area contributed by atoms with Gasteiger partial charge in [0.25, 0.3) is 5.91 Å². The van der Waals surface area contributed by atoms with Crippen LogP contribution in [0.4, 0.5) is 4.39 Å². The number of likely N-dealkylation sites (tertiary alicyclic amines) is 1. The number of amides is 1. The molecule has 8 nitrogen and oxygen atoms in total. The summed E-state index contributed by atoms with van der Waals surface area (Å²) >= 11 is 0. The number of piperidine rings is 1. The standard InChI is InChI=1S/C27H28FN7O/c1-16-22-13-21(9-10-24(22)32-33(16)4)35-17(2)25(27(36)34-11-5-6-20(15-34)30-3)31-26(35)18-7-8-19(14-29)23(28)12-18/h7-10,12-13,20,30H,5-6,11,15H2,1-4H3/t20-/m0/s1. The Hall–Kier alpha value is -4.03. The van der Waals surface area contributed by atoms with Crippen molar-refractivity contribution in [2.75, 3.05) is 20.1 Å². The number of imidazole rings is 1. The van der Waals surface area contributed by atoms with Crippen molar-refractivity contribution in [3.05, 3.63) is 64.9 Å². The molecule has 1 aliphatic heterocycles. The molecule has 0 spiro atoms. The number of nitriles is 1. The van der Waals surface area contributed by atoms with Gasteiger partial charge in [-0.05, 0) is 70.1 Å². The Morgan fingerprint density at radius 3 is 2.72 bits per heavy atom. The van der Waals surface area contributed by atoms with Crippen molar-refractivity contribution in [1.29, 1.82) is 5.26 Å². The molecule has 3 heterocycles. The van der Waals surface area contributed by atoms with E-state index in [9.17, 15) is 14.4 Å². The minimum atomic E-state index is -0.624. The van der Waals surface area contributed by atoms with Gasteiger partial charge in [-0.2, -0.15) is 10.4 Å². The highest BCUT2D eigenvalue weighted by atomic mass is 19.1. The molecule has 9 heteroatoms. The number of hydrogen-bond donors (Lipinski definition) is 1. The maximum atomic E-state index is 14.6. The van der Waals surface area contributed by atoms with Crippen LogP contribution in [0.3, 0.4) is 0 Å². The number of likely N-dealkylation sites (N-methyl/N-ethyl adjacent to an activating group) is 1. The zero-order chi connectivity index (χ0) is 25.6. The van der Waals surface area contributed by atoms with E-state index in [-0.39, 0.29) is 17.5 Å². The molecule has 5 rings (SSSR count). The van der Waals surface area contributed by atoms with Crippen LogP contribution in [0.1, 0.15) is 40.3 Å². The van der Waals surface area contributed by atoms with Gasteiger partial charge in [0, 0.05) is 48.5 Å². The van der Waals surface area contributed by atoms with E-state index in [2.05, 4.69) is 10.4 Å². The number of nitrogens with one attached hydrogen (secondary N) is 1. The Kier molecular flexibility index (Phi) is 6.06. The summed E-state index contributed by atoms with van der Waals surface area (Å²) in [6.07, 6.45) is 1.94. The Bertz CT molecular complexity index is 1530.